The second kappa shape index (κ2) is 8.23. The zero-order valence-electron chi connectivity index (χ0n) is 17.3. The van der Waals surface area contributed by atoms with Crippen molar-refractivity contribution in [3.05, 3.63) is 92.8 Å². The molecule has 31 heavy (non-hydrogen) atoms. The molecule has 0 fully saturated rings. The molecule has 4 rings (SSSR count). The Hall–Kier alpha value is -3.65. The number of nitrogens with zero attached hydrogens (tertiary/aromatic N) is 4. The molecular weight excluding hydrogens is 412 g/mol. The molecule has 0 unspecified atom stereocenters. The summed E-state index contributed by atoms with van der Waals surface area (Å²) in [6, 6.07) is 14.1. The van der Waals surface area contributed by atoms with Gasteiger partial charge in [0.05, 0.1) is 27.4 Å². The maximum Gasteiger partial charge on any atom is 0.273 e. The number of aryl methyl sites for hydroxylation is 2. The number of rotatable bonds is 5. The Morgan fingerprint density at radius 2 is 1.94 bits per heavy atom. The Kier molecular flexibility index (Phi) is 5.48. The number of nitro benzene ring substituents is 1. The van der Waals surface area contributed by atoms with Crippen molar-refractivity contribution in [3.63, 3.8) is 0 Å². The highest BCUT2D eigenvalue weighted by atomic mass is 32.1. The summed E-state index contributed by atoms with van der Waals surface area (Å²) >= 11 is 1.43. The molecule has 2 heterocycles. The molecule has 4 aromatic rings. The highest BCUT2D eigenvalue weighted by molar-refractivity contribution is 7.22. The molecule has 0 aliphatic carbocycles. The highest BCUT2D eigenvalue weighted by Gasteiger charge is 2.26. The van der Waals surface area contributed by atoms with Gasteiger partial charge in [-0.05, 0) is 56.2 Å². The highest BCUT2D eigenvalue weighted by Crippen LogP contribution is 2.34. The van der Waals surface area contributed by atoms with Crippen LogP contribution in [-0.2, 0) is 6.54 Å². The lowest BCUT2D eigenvalue weighted by Crippen LogP contribution is -2.31. The number of carbonyl (C=O) groups excluding carboxylic acids is 1. The van der Waals surface area contributed by atoms with E-state index in [-0.39, 0.29) is 23.7 Å². The maximum atomic E-state index is 13.6. The van der Waals surface area contributed by atoms with Gasteiger partial charge in [0.1, 0.15) is 0 Å². The summed E-state index contributed by atoms with van der Waals surface area (Å²) in [5.41, 5.74) is 4.24. The van der Waals surface area contributed by atoms with Gasteiger partial charge in [-0.15, -0.1) is 0 Å². The van der Waals surface area contributed by atoms with E-state index in [9.17, 15) is 14.9 Å². The first kappa shape index (κ1) is 20.6. The zero-order chi connectivity index (χ0) is 22.1. The summed E-state index contributed by atoms with van der Waals surface area (Å²) < 4.78 is 1.01. The third kappa shape index (κ3) is 4.02. The van der Waals surface area contributed by atoms with Crippen LogP contribution in [0.5, 0.6) is 0 Å². The van der Waals surface area contributed by atoms with E-state index in [1.165, 1.54) is 23.5 Å². The molecule has 7 nitrogen and oxygen atoms in total. The smallest absolute Gasteiger partial charge is 0.273 e. The van der Waals surface area contributed by atoms with E-state index < -0.39 is 4.92 Å². The number of nitro groups is 1. The third-order valence-electron chi connectivity index (χ3n) is 5.06. The van der Waals surface area contributed by atoms with Crippen molar-refractivity contribution in [2.45, 2.75) is 27.3 Å². The molecule has 1 amide bonds. The van der Waals surface area contributed by atoms with Crippen molar-refractivity contribution in [3.8, 4) is 0 Å². The van der Waals surface area contributed by atoms with E-state index in [0.717, 1.165) is 21.3 Å². The van der Waals surface area contributed by atoms with E-state index in [4.69, 9.17) is 4.98 Å². The minimum Gasteiger partial charge on any atom is -0.278 e. The number of thiazole rings is 1. The molecule has 0 saturated heterocycles. The van der Waals surface area contributed by atoms with Gasteiger partial charge in [-0.2, -0.15) is 0 Å². The van der Waals surface area contributed by atoms with Crippen molar-refractivity contribution in [2.24, 2.45) is 0 Å². The summed E-state index contributed by atoms with van der Waals surface area (Å²) in [7, 11) is 0. The molecular formula is C23H20N4O3S. The number of hydrogen-bond donors (Lipinski definition) is 0. The van der Waals surface area contributed by atoms with Gasteiger partial charge in [-0.25, -0.2) is 4.98 Å². The maximum absolute atomic E-state index is 13.6. The summed E-state index contributed by atoms with van der Waals surface area (Å²) in [4.78, 5) is 35.1. The van der Waals surface area contributed by atoms with Crippen LogP contribution in [0.1, 0.15) is 32.7 Å². The second-order valence-corrected chi connectivity index (χ2v) is 8.32. The Labute approximate surface area is 183 Å². The van der Waals surface area contributed by atoms with Crippen LogP contribution in [-0.4, -0.2) is 20.8 Å². The first-order valence-corrected chi connectivity index (χ1v) is 10.5. The van der Waals surface area contributed by atoms with Crippen molar-refractivity contribution in [1.82, 2.24) is 9.97 Å². The standard InChI is InChI=1S/C23H20N4O3S/c1-14-11-15(2)21-19(12-14)25-23(31-21)26(13-17-7-4-5-10-24-17)22(28)18-8-6-9-20(16(18)3)27(29)30/h4-12H,13H2,1-3H3. The fraction of sp³-hybridized carbons (Fsp3) is 0.174. The van der Waals surface area contributed by atoms with Crippen LogP contribution in [0.3, 0.4) is 0 Å². The number of aromatic nitrogens is 2. The quantitative estimate of drug-likeness (QED) is 0.312. The normalized spacial score (nSPS) is 10.9. The van der Waals surface area contributed by atoms with Crippen LogP contribution >= 0.6 is 11.3 Å². The van der Waals surface area contributed by atoms with Crippen molar-refractivity contribution in [1.29, 1.82) is 0 Å². The van der Waals surface area contributed by atoms with Crippen LogP contribution < -0.4 is 4.90 Å². The van der Waals surface area contributed by atoms with E-state index in [1.807, 2.05) is 38.1 Å². The molecule has 0 saturated carbocycles. The molecule has 0 bridgehead atoms. The minimum atomic E-state index is -0.473. The Morgan fingerprint density at radius 1 is 1.13 bits per heavy atom. The molecule has 0 N–H and O–H groups in total. The summed E-state index contributed by atoms with van der Waals surface area (Å²) in [5.74, 6) is -0.347. The zero-order valence-corrected chi connectivity index (χ0v) is 18.1. The van der Waals surface area contributed by atoms with E-state index in [2.05, 4.69) is 11.1 Å². The molecule has 8 heteroatoms. The summed E-state index contributed by atoms with van der Waals surface area (Å²) in [6.45, 7) is 5.83. The molecule has 0 aliphatic heterocycles. The predicted octanol–water partition coefficient (Wildman–Crippen LogP) is 5.37. The molecule has 0 spiro atoms. The van der Waals surface area contributed by atoms with Gasteiger partial charge in [-0.3, -0.25) is 24.8 Å². The van der Waals surface area contributed by atoms with Crippen LogP contribution in [0, 0.1) is 30.9 Å². The SMILES string of the molecule is Cc1cc(C)c2sc(N(Cc3ccccn3)C(=O)c3cccc([N+](=O)[O-])c3C)nc2c1. The lowest BCUT2D eigenvalue weighted by Gasteiger charge is -2.20. The molecule has 156 valence electrons. The fourth-order valence-corrected chi connectivity index (χ4v) is 4.57. The van der Waals surface area contributed by atoms with Crippen molar-refractivity contribution >= 4 is 38.3 Å². The predicted molar refractivity (Wildman–Crippen MR) is 122 cm³/mol. The first-order valence-electron chi connectivity index (χ1n) is 9.68. The molecule has 2 aromatic carbocycles. The number of amides is 1. The monoisotopic (exact) mass is 432 g/mol. The first-order chi connectivity index (χ1) is 14.8. The van der Waals surface area contributed by atoms with E-state index in [1.54, 1.807) is 24.1 Å². The molecule has 2 aromatic heterocycles. The van der Waals surface area contributed by atoms with Crippen LogP contribution in [0.25, 0.3) is 10.2 Å². The van der Waals surface area contributed by atoms with Gasteiger partial charge in [0.15, 0.2) is 5.13 Å². The number of anilines is 1. The van der Waals surface area contributed by atoms with Crippen LogP contribution in [0.2, 0.25) is 0 Å². The topological polar surface area (TPSA) is 89.2 Å². The Morgan fingerprint density at radius 3 is 2.65 bits per heavy atom. The lowest BCUT2D eigenvalue weighted by atomic mass is 10.1. The largest absolute Gasteiger partial charge is 0.278 e. The molecule has 0 aliphatic rings. The third-order valence-corrected chi connectivity index (χ3v) is 6.29. The van der Waals surface area contributed by atoms with Gasteiger partial charge in [0.2, 0.25) is 0 Å². The number of hydrogen-bond acceptors (Lipinski definition) is 6. The van der Waals surface area contributed by atoms with E-state index in [0.29, 0.717) is 16.4 Å². The van der Waals surface area contributed by atoms with Gasteiger partial charge >= 0.3 is 0 Å². The average molecular weight is 433 g/mol. The fourth-order valence-electron chi connectivity index (χ4n) is 3.56. The summed E-state index contributed by atoms with van der Waals surface area (Å²) in [6.07, 6.45) is 1.67. The molecule has 0 atom stereocenters. The van der Waals surface area contributed by atoms with Gasteiger partial charge in [-0.1, -0.05) is 29.5 Å². The Balaban J connectivity index is 1.84. The minimum absolute atomic E-state index is 0.0839. The van der Waals surface area contributed by atoms with Crippen molar-refractivity contribution < 1.29 is 9.72 Å². The number of carbonyl (C=O) groups is 1. The lowest BCUT2D eigenvalue weighted by molar-refractivity contribution is -0.385. The second-order valence-electron chi connectivity index (χ2n) is 7.35. The summed E-state index contributed by atoms with van der Waals surface area (Å²) in [5, 5.41) is 11.9. The van der Waals surface area contributed by atoms with Gasteiger partial charge in [0, 0.05) is 23.4 Å². The van der Waals surface area contributed by atoms with Crippen LogP contribution in [0.15, 0.2) is 54.7 Å². The van der Waals surface area contributed by atoms with Crippen LogP contribution in [0.4, 0.5) is 10.8 Å². The van der Waals surface area contributed by atoms with Gasteiger partial charge < -0.3 is 0 Å². The van der Waals surface area contributed by atoms with Crippen molar-refractivity contribution in [2.75, 3.05) is 4.90 Å². The number of benzene rings is 2. The number of fused-ring (bicyclic) bond motifs is 1. The number of pyridine rings is 1. The van der Waals surface area contributed by atoms with Gasteiger partial charge in [0.25, 0.3) is 11.6 Å². The average Bonchev–Trinajstić information content (AvgIpc) is 3.16. The van der Waals surface area contributed by atoms with E-state index >= 15 is 0 Å². The Bertz CT molecular complexity index is 1300. The molecule has 0 radical (unpaired) electrons.